The molecule has 1 heterocycles. The highest BCUT2D eigenvalue weighted by Crippen LogP contribution is 2.27. The Morgan fingerprint density at radius 2 is 1.92 bits per heavy atom. The second-order valence-electron chi connectivity index (χ2n) is 4.87. The highest BCUT2D eigenvalue weighted by molar-refractivity contribution is 14.0. The summed E-state index contributed by atoms with van der Waals surface area (Å²) in [4.78, 5) is 5.61. The van der Waals surface area contributed by atoms with Gasteiger partial charge in [-0.15, -0.1) is 35.3 Å². The average molecular weight is 461 g/mol. The number of guanidine groups is 1. The highest BCUT2D eigenvalue weighted by Gasteiger charge is 2.05. The Bertz CT molecular complexity index is 633. The van der Waals surface area contributed by atoms with E-state index in [0.29, 0.717) is 6.54 Å². The molecule has 1 aromatic carbocycles. The zero-order chi connectivity index (χ0) is 16.5. The third-order valence-corrected chi connectivity index (χ3v) is 4.31. The summed E-state index contributed by atoms with van der Waals surface area (Å²) in [5.41, 5.74) is 1.10. The Morgan fingerprint density at radius 1 is 1.12 bits per heavy atom. The summed E-state index contributed by atoms with van der Waals surface area (Å²) in [6.45, 7) is 1.52. The number of ether oxygens (including phenoxy) is 2. The molecule has 7 heteroatoms. The second-order valence-corrected chi connectivity index (χ2v) is 5.90. The number of methoxy groups -OCH3 is 2. The van der Waals surface area contributed by atoms with E-state index < -0.39 is 0 Å². The second kappa shape index (κ2) is 11.1. The van der Waals surface area contributed by atoms with Gasteiger partial charge in [0.1, 0.15) is 0 Å². The van der Waals surface area contributed by atoms with E-state index in [1.54, 1.807) is 32.6 Å². The minimum Gasteiger partial charge on any atom is -0.493 e. The molecule has 2 N–H and O–H groups in total. The van der Waals surface area contributed by atoms with Crippen LogP contribution in [0.3, 0.4) is 0 Å². The molecule has 0 aliphatic carbocycles. The molecule has 0 unspecified atom stereocenters. The van der Waals surface area contributed by atoms with Crippen LogP contribution in [0.2, 0.25) is 0 Å². The van der Waals surface area contributed by atoms with Crippen LogP contribution >= 0.6 is 35.3 Å². The summed E-state index contributed by atoms with van der Waals surface area (Å²) in [7, 11) is 5.05. The predicted octanol–water partition coefficient (Wildman–Crippen LogP) is 3.29. The lowest BCUT2D eigenvalue weighted by Gasteiger charge is -2.13. The molecule has 24 heavy (non-hydrogen) atoms. The first-order valence-electron chi connectivity index (χ1n) is 7.44. The fourth-order valence-electron chi connectivity index (χ4n) is 2.16. The standard InChI is InChI=1S/C17H23N3O2S.HI/c1-18-17(19-9-8-14-5-4-10-23-14)20-12-13-6-7-15(21-2)16(11-13)22-3;/h4-7,10-11H,8-9,12H2,1-3H3,(H2,18,19,20);1H. The van der Waals surface area contributed by atoms with Crippen LogP contribution in [0.4, 0.5) is 0 Å². The van der Waals surface area contributed by atoms with Crippen molar-refractivity contribution in [2.45, 2.75) is 13.0 Å². The smallest absolute Gasteiger partial charge is 0.191 e. The number of hydrogen-bond donors (Lipinski definition) is 2. The van der Waals surface area contributed by atoms with Gasteiger partial charge < -0.3 is 20.1 Å². The van der Waals surface area contributed by atoms with Crippen molar-refractivity contribution in [2.75, 3.05) is 27.8 Å². The van der Waals surface area contributed by atoms with Gasteiger partial charge in [0.15, 0.2) is 17.5 Å². The molecule has 0 fully saturated rings. The molecular formula is C17H24IN3O2S. The summed E-state index contributed by atoms with van der Waals surface area (Å²) in [6.07, 6.45) is 0.995. The molecule has 0 saturated carbocycles. The maximum atomic E-state index is 5.32. The van der Waals surface area contributed by atoms with Gasteiger partial charge in [0, 0.05) is 25.0 Å². The molecule has 0 aliphatic heterocycles. The molecular weight excluding hydrogens is 437 g/mol. The molecule has 1 aromatic heterocycles. The normalized spacial score (nSPS) is 10.7. The van der Waals surface area contributed by atoms with E-state index >= 15 is 0 Å². The zero-order valence-corrected chi connectivity index (χ0v) is 17.3. The van der Waals surface area contributed by atoms with Gasteiger partial charge in [-0.1, -0.05) is 12.1 Å². The minimum atomic E-state index is 0. The van der Waals surface area contributed by atoms with Crippen LogP contribution in [0, 0.1) is 0 Å². The molecule has 132 valence electrons. The Labute approximate surface area is 164 Å². The van der Waals surface area contributed by atoms with Gasteiger partial charge in [-0.3, -0.25) is 4.99 Å². The van der Waals surface area contributed by atoms with Crippen LogP contribution in [-0.4, -0.2) is 33.8 Å². The van der Waals surface area contributed by atoms with Crippen LogP contribution in [0.5, 0.6) is 11.5 Å². The number of benzene rings is 1. The number of rotatable bonds is 7. The summed E-state index contributed by atoms with van der Waals surface area (Å²) in [5.74, 6) is 2.25. The van der Waals surface area contributed by atoms with Crippen molar-refractivity contribution in [3.63, 3.8) is 0 Å². The average Bonchev–Trinajstić information content (AvgIpc) is 3.11. The molecule has 0 amide bonds. The van der Waals surface area contributed by atoms with E-state index in [4.69, 9.17) is 9.47 Å². The first-order valence-corrected chi connectivity index (χ1v) is 8.32. The van der Waals surface area contributed by atoms with Crippen molar-refractivity contribution in [1.29, 1.82) is 0 Å². The monoisotopic (exact) mass is 461 g/mol. The number of thiophene rings is 1. The Hall–Kier alpha value is -1.48. The summed E-state index contributed by atoms with van der Waals surface area (Å²) in [6, 6.07) is 10.1. The van der Waals surface area contributed by atoms with E-state index in [0.717, 1.165) is 36.0 Å². The Morgan fingerprint density at radius 3 is 2.54 bits per heavy atom. The highest BCUT2D eigenvalue weighted by atomic mass is 127. The molecule has 0 bridgehead atoms. The van der Waals surface area contributed by atoms with Gasteiger partial charge in [0.2, 0.25) is 0 Å². The van der Waals surface area contributed by atoms with E-state index in [1.165, 1.54) is 4.88 Å². The van der Waals surface area contributed by atoms with E-state index in [9.17, 15) is 0 Å². The van der Waals surface area contributed by atoms with Gasteiger partial charge in [0.25, 0.3) is 0 Å². The molecule has 0 atom stereocenters. The molecule has 0 saturated heterocycles. The van der Waals surface area contributed by atoms with E-state index in [1.807, 2.05) is 18.2 Å². The molecule has 0 aliphatic rings. The van der Waals surface area contributed by atoms with Crippen molar-refractivity contribution >= 4 is 41.3 Å². The molecule has 2 aromatic rings. The van der Waals surface area contributed by atoms with Crippen LogP contribution in [0.1, 0.15) is 10.4 Å². The molecule has 0 radical (unpaired) electrons. The number of nitrogens with zero attached hydrogens (tertiary/aromatic N) is 1. The van der Waals surface area contributed by atoms with Crippen molar-refractivity contribution < 1.29 is 9.47 Å². The number of aliphatic imine (C=N–C) groups is 1. The van der Waals surface area contributed by atoms with Gasteiger partial charge >= 0.3 is 0 Å². The predicted molar refractivity (Wildman–Crippen MR) is 111 cm³/mol. The van der Waals surface area contributed by atoms with Crippen LogP contribution in [0.25, 0.3) is 0 Å². The van der Waals surface area contributed by atoms with E-state index in [2.05, 4.69) is 33.1 Å². The molecule has 0 spiro atoms. The van der Waals surface area contributed by atoms with Crippen molar-refractivity contribution in [1.82, 2.24) is 10.6 Å². The van der Waals surface area contributed by atoms with Crippen molar-refractivity contribution in [3.05, 3.63) is 46.2 Å². The Balaban J connectivity index is 0.00000288. The molecule has 5 nitrogen and oxygen atoms in total. The minimum absolute atomic E-state index is 0. The maximum Gasteiger partial charge on any atom is 0.191 e. The SMILES string of the molecule is CN=C(NCCc1cccs1)NCc1ccc(OC)c(OC)c1.I. The third-order valence-electron chi connectivity index (χ3n) is 3.38. The van der Waals surface area contributed by atoms with Crippen LogP contribution in [-0.2, 0) is 13.0 Å². The zero-order valence-electron chi connectivity index (χ0n) is 14.2. The number of halogens is 1. The lowest BCUT2D eigenvalue weighted by Crippen LogP contribution is -2.37. The van der Waals surface area contributed by atoms with Gasteiger partial charge in [-0.2, -0.15) is 0 Å². The largest absolute Gasteiger partial charge is 0.493 e. The van der Waals surface area contributed by atoms with E-state index in [-0.39, 0.29) is 24.0 Å². The number of hydrogen-bond acceptors (Lipinski definition) is 4. The van der Waals surface area contributed by atoms with Crippen LogP contribution < -0.4 is 20.1 Å². The fourth-order valence-corrected chi connectivity index (χ4v) is 2.86. The number of nitrogens with one attached hydrogen (secondary N) is 2. The fraction of sp³-hybridized carbons (Fsp3) is 0.353. The third kappa shape index (κ3) is 6.20. The maximum absolute atomic E-state index is 5.32. The topological polar surface area (TPSA) is 54.9 Å². The van der Waals surface area contributed by atoms with Gasteiger partial charge in [0.05, 0.1) is 14.2 Å². The van der Waals surface area contributed by atoms with Crippen molar-refractivity contribution in [2.24, 2.45) is 4.99 Å². The first-order chi connectivity index (χ1) is 11.3. The molecule has 2 rings (SSSR count). The van der Waals surface area contributed by atoms with Crippen LogP contribution in [0.15, 0.2) is 40.7 Å². The summed E-state index contributed by atoms with van der Waals surface area (Å²) >= 11 is 1.77. The van der Waals surface area contributed by atoms with Gasteiger partial charge in [-0.05, 0) is 35.6 Å². The first kappa shape index (κ1) is 20.6. The lowest BCUT2D eigenvalue weighted by molar-refractivity contribution is 0.354. The quantitative estimate of drug-likeness (QED) is 0.378. The van der Waals surface area contributed by atoms with Crippen molar-refractivity contribution in [3.8, 4) is 11.5 Å². The summed E-state index contributed by atoms with van der Waals surface area (Å²) in [5, 5.41) is 8.72. The summed E-state index contributed by atoms with van der Waals surface area (Å²) < 4.78 is 10.6. The van der Waals surface area contributed by atoms with Gasteiger partial charge in [-0.25, -0.2) is 0 Å². The Kier molecular flexibility index (Phi) is 9.55. The lowest BCUT2D eigenvalue weighted by atomic mass is 10.2.